The summed E-state index contributed by atoms with van der Waals surface area (Å²) in [6.45, 7) is 1.86. The molecule has 34 heavy (non-hydrogen) atoms. The maximum Gasteiger partial charge on any atom is 0.335 e. The summed E-state index contributed by atoms with van der Waals surface area (Å²) in [5, 5.41) is 18.9. The lowest BCUT2D eigenvalue weighted by atomic mass is 10.0. The lowest BCUT2D eigenvalue weighted by Crippen LogP contribution is -2.32. The molecule has 174 valence electrons. The second kappa shape index (κ2) is 10.8. The van der Waals surface area contributed by atoms with Crippen molar-refractivity contribution in [2.24, 2.45) is 0 Å². The zero-order valence-electron chi connectivity index (χ0n) is 18.4. The minimum absolute atomic E-state index is 0.0755. The molecule has 0 spiro atoms. The summed E-state index contributed by atoms with van der Waals surface area (Å²) < 4.78 is 12.2. The number of ketones is 1. The number of hydrogen-bond donors (Lipinski definition) is 1. The van der Waals surface area contributed by atoms with Gasteiger partial charge in [0, 0.05) is 35.2 Å². The minimum Gasteiger partial charge on any atom is -0.495 e. The van der Waals surface area contributed by atoms with Crippen LogP contribution in [0.3, 0.4) is 0 Å². The number of pyridine rings is 1. The van der Waals surface area contributed by atoms with Crippen molar-refractivity contribution in [2.45, 2.75) is 19.6 Å². The Morgan fingerprint density at radius 1 is 1.15 bits per heavy atom. The van der Waals surface area contributed by atoms with E-state index < -0.39 is 23.5 Å². The first-order valence-electron chi connectivity index (χ1n) is 10.3. The number of carboxylic acid groups (broad SMARTS) is 1. The number of aromatic nitrogens is 1. The molecule has 1 atom stereocenters. The van der Waals surface area contributed by atoms with Crippen LogP contribution < -0.4 is 10.3 Å². The molecule has 0 aliphatic carbocycles. The zero-order chi connectivity index (χ0) is 24.8. The fourth-order valence-corrected chi connectivity index (χ4v) is 3.63. The number of halogens is 1. The van der Waals surface area contributed by atoms with Gasteiger partial charge in [0.2, 0.25) is 0 Å². The van der Waals surface area contributed by atoms with E-state index >= 15 is 0 Å². The van der Waals surface area contributed by atoms with Gasteiger partial charge in [-0.1, -0.05) is 23.7 Å². The third kappa shape index (κ3) is 5.34. The van der Waals surface area contributed by atoms with Gasteiger partial charge in [-0.3, -0.25) is 14.2 Å². The van der Waals surface area contributed by atoms with Gasteiger partial charge in [-0.2, -0.15) is 5.26 Å². The van der Waals surface area contributed by atoms with E-state index in [1.54, 1.807) is 37.3 Å². The van der Waals surface area contributed by atoms with Crippen LogP contribution in [0.25, 0.3) is 11.1 Å². The normalized spacial score (nSPS) is 11.5. The standard InChI is InChI=1S/C25H21ClN2O6/c1-3-34-24(21(29)10-15-4-6-16(7-5-15)25(31)32)28-14-22(33-2)20(12-23(28)30)19-11-18(26)9-8-17(19)13-27/h4-9,11-12,14,24H,3,10H2,1-2H3,(H,31,32). The Morgan fingerprint density at radius 3 is 2.44 bits per heavy atom. The van der Waals surface area contributed by atoms with E-state index in [1.807, 2.05) is 0 Å². The quantitative estimate of drug-likeness (QED) is 0.489. The maximum atomic E-state index is 13.1. The molecule has 0 amide bonds. The van der Waals surface area contributed by atoms with E-state index in [2.05, 4.69) is 6.07 Å². The molecular weight excluding hydrogens is 460 g/mol. The second-order valence-electron chi connectivity index (χ2n) is 7.26. The van der Waals surface area contributed by atoms with Crippen LogP contribution in [0, 0.1) is 11.3 Å². The first-order valence-corrected chi connectivity index (χ1v) is 10.6. The molecule has 0 saturated carbocycles. The van der Waals surface area contributed by atoms with Crippen molar-refractivity contribution >= 4 is 23.4 Å². The molecular formula is C25H21ClN2O6. The Labute approximate surface area is 200 Å². The molecule has 1 unspecified atom stereocenters. The van der Waals surface area contributed by atoms with E-state index in [9.17, 15) is 19.6 Å². The van der Waals surface area contributed by atoms with Crippen molar-refractivity contribution in [3.05, 3.63) is 86.8 Å². The Bertz CT molecular complexity index is 1320. The molecule has 0 saturated heterocycles. The molecule has 3 aromatic rings. The fourth-order valence-electron chi connectivity index (χ4n) is 3.46. The van der Waals surface area contributed by atoms with E-state index in [4.69, 9.17) is 26.2 Å². The van der Waals surface area contributed by atoms with Gasteiger partial charge in [0.05, 0.1) is 30.5 Å². The van der Waals surface area contributed by atoms with Crippen LogP contribution in [-0.4, -0.2) is 35.1 Å². The van der Waals surface area contributed by atoms with E-state index in [-0.39, 0.29) is 24.3 Å². The van der Waals surface area contributed by atoms with Crippen molar-refractivity contribution in [1.82, 2.24) is 4.57 Å². The molecule has 1 N–H and O–H groups in total. The van der Waals surface area contributed by atoms with Gasteiger partial charge in [-0.15, -0.1) is 0 Å². The summed E-state index contributed by atoms with van der Waals surface area (Å²) in [7, 11) is 1.41. The second-order valence-corrected chi connectivity index (χ2v) is 7.69. The number of ether oxygens (including phenoxy) is 2. The Hall–Kier alpha value is -3.93. The zero-order valence-corrected chi connectivity index (χ0v) is 19.2. The van der Waals surface area contributed by atoms with Crippen molar-refractivity contribution in [2.75, 3.05) is 13.7 Å². The molecule has 0 fully saturated rings. The Morgan fingerprint density at radius 2 is 1.85 bits per heavy atom. The van der Waals surface area contributed by atoms with Gasteiger partial charge in [-0.25, -0.2) is 4.79 Å². The lowest BCUT2D eigenvalue weighted by molar-refractivity contribution is -0.135. The number of hydrogen-bond acceptors (Lipinski definition) is 6. The van der Waals surface area contributed by atoms with Crippen LogP contribution in [0.4, 0.5) is 0 Å². The molecule has 8 nitrogen and oxygen atoms in total. The topological polar surface area (TPSA) is 119 Å². The molecule has 1 heterocycles. The van der Waals surface area contributed by atoms with Gasteiger partial charge < -0.3 is 14.6 Å². The fraction of sp³-hybridized carbons (Fsp3) is 0.200. The van der Waals surface area contributed by atoms with Crippen molar-refractivity contribution in [3.8, 4) is 22.9 Å². The van der Waals surface area contributed by atoms with Gasteiger partial charge >= 0.3 is 5.97 Å². The van der Waals surface area contributed by atoms with Crippen LogP contribution in [0.15, 0.2) is 59.5 Å². The van der Waals surface area contributed by atoms with Gasteiger partial charge in [0.1, 0.15) is 5.75 Å². The van der Waals surface area contributed by atoms with Crippen LogP contribution >= 0.6 is 11.6 Å². The predicted octanol–water partition coefficient (Wildman–Crippen LogP) is 4.09. The molecule has 0 radical (unpaired) electrons. The monoisotopic (exact) mass is 480 g/mol. The van der Waals surface area contributed by atoms with Crippen LogP contribution in [-0.2, 0) is 16.0 Å². The Kier molecular flexibility index (Phi) is 7.84. The van der Waals surface area contributed by atoms with Gasteiger partial charge in [0.15, 0.2) is 12.0 Å². The summed E-state index contributed by atoms with van der Waals surface area (Å²) in [4.78, 5) is 37.2. The number of Topliss-reactive ketones (excluding diaryl/α,β-unsaturated/α-hetero) is 1. The van der Waals surface area contributed by atoms with Crippen LogP contribution in [0.2, 0.25) is 5.02 Å². The number of carboxylic acids is 1. The van der Waals surface area contributed by atoms with Crippen molar-refractivity contribution in [3.63, 3.8) is 0 Å². The highest BCUT2D eigenvalue weighted by molar-refractivity contribution is 6.31. The first-order chi connectivity index (χ1) is 16.3. The first kappa shape index (κ1) is 24.7. The summed E-state index contributed by atoms with van der Waals surface area (Å²) in [5.41, 5.74) is 1.24. The molecule has 3 rings (SSSR count). The summed E-state index contributed by atoms with van der Waals surface area (Å²) in [6, 6.07) is 13.9. The Balaban J connectivity index is 2.01. The van der Waals surface area contributed by atoms with E-state index in [0.29, 0.717) is 27.3 Å². The van der Waals surface area contributed by atoms with Crippen LogP contribution in [0.1, 0.15) is 34.6 Å². The largest absolute Gasteiger partial charge is 0.495 e. The van der Waals surface area contributed by atoms with Crippen molar-refractivity contribution < 1.29 is 24.2 Å². The van der Waals surface area contributed by atoms with E-state index in [0.717, 1.165) is 4.57 Å². The number of carbonyl (C=O) groups excluding carboxylic acids is 1. The highest BCUT2D eigenvalue weighted by Crippen LogP contribution is 2.33. The summed E-state index contributed by atoms with van der Waals surface area (Å²) in [5.74, 6) is -1.22. The van der Waals surface area contributed by atoms with E-state index in [1.165, 1.54) is 31.5 Å². The molecule has 2 aromatic carbocycles. The number of benzene rings is 2. The third-order valence-corrected chi connectivity index (χ3v) is 5.32. The molecule has 9 heteroatoms. The lowest BCUT2D eigenvalue weighted by Gasteiger charge is -2.21. The predicted molar refractivity (Wildman–Crippen MR) is 125 cm³/mol. The highest BCUT2D eigenvalue weighted by atomic mass is 35.5. The number of methoxy groups -OCH3 is 1. The summed E-state index contributed by atoms with van der Waals surface area (Å²) in [6.07, 6.45) is 0.0637. The molecule has 0 bridgehead atoms. The number of aromatic carboxylic acids is 1. The van der Waals surface area contributed by atoms with Crippen molar-refractivity contribution in [1.29, 1.82) is 5.26 Å². The van der Waals surface area contributed by atoms with Gasteiger partial charge in [0.25, 0.3) is 5.56 Å². The molecule has 0 aliphatic rings. The third-order valence-electron chi connectivity index (χ3n) is 5.09. The maximum absolute atomic E-state index is 13.1. The van der Waals surface area contributed by atoms with Crippen LogP contribution in [0.5, 0.6) is 5.75 Å². The van der Waals surface area contributed by atoms with Gasteiger partial charge in [-0.05, 0) is 42.8 Å². The summed E-state index contributed by atoms with van der Waals surface area (Å²) >= 11 is 6.10. The molecule has 0 aliphatic heterocycles. The number of carbonyl (C=O) groups is 2. The smallest absolute Gasteiger partial charge is 0.335 e. The number of rotatable bonds is 9. The average molecular weight is 481 g/mol. The SMILES string of the molecule is CCOC(C(=O)Cc1ccc(C(=O)O)cc1)n1cc(OC)c(-c2cc(Cl)ccc2C#N)cc1=O. The minimum atomic E-state index is -1.23. The average Bonchev–Trinajstić information content (AvgIpc) is 2.82. The number of nitriles is 1. The molecule has 1 aromatic heterocycles. The highest BCUT2D eigenvalue weighted by Gasteiger charge is 2.24. The number of nitrogens with zero attached hydrogens (tertiary/aromatic N) is 2.